The van der Waals surface area contributed by atoms with E-state index in [0.29, 0.717) is 0 Å². The maximum atomic E-state index is 13.4. The molecule has 1 nitrogen and oxygen atoms in total. The van der Waals surface area contributed by atoms with Gasteiger partial charge in [-0.3, -0.25) is 0 Å². The highest BCUT2D eigenvalue weighted by Crippen LogP contribution is 2.27. The molecule has 1 aromatic carbocycles. The van der Waals surface area contributed by atoms with Crippen LogP contribution in [0.15, 0.2) is 18.2 Å². The molecule has 0 aliphatic rings. The lowest BCUT2D eigenvalue weighted by atomic mass is 9.89. The average Bonchev–Trinajstić information content (AvgIpc) is 2.23. The summed E-state index contributed by atoms with van der Waals surface area (Å²) in [6.45, 7) is 4.01. The largest absolute Gasteiger partial charge is 0.324 e. The van der Waals surface area contributed by atoms with Crippen molar-refractivity contribution in [1.82, 2.24) is 0 Å². The summed E-state index contributed by atoms with van der Waals surface area (Å²) in [6.07, 6.45) is 1.74. The number of benzene rings is 1. The summed E-state index contributed by atoms with van der Waals surface area (Å²) in [5.41, 5.74) is 6.20. The van der Waals surface area contributed by atoms with E-state index in [9.17, 15) is 8.78 Å². The van der Waals surface area contributed by atoms with Crippen LogP contribution in [0.25, 0.3) is 0 Å². The van der Waals surface area contributed by atoms with Crippen LogP contribution in [0.1, 0.15) is 38.3 Å². The maximum Gasteiger partial charge on any atom is 0.163 e. The SMILES string of the molecule is CCC(CC)C(N)c1cccc(F)c1F. The van der Waals surface area contributed by atoms with Crippen LogP contribution >= 0.6 is 0 Å². The standard InChI is InChI=1S/C12H17F2N/c1-3-8(4-2)12(15)9-6-5-7-10(13)11(9)14/h5-8,12H,3-4,15H2,1-2H3. The molecule has 1 aromatic rings. The molecule has 15 heavy (non-hydrogen) atoms. The van der Waals surface area contributed by atoms with E-state index in [1.165, 1.54) is 6.07 Å². The predicted molar refractivity (Wildman–Crippen MR) is 57.4 cm³/mol. The van der Waals surface area contributed by atoms with E-state index >= 15 is 0 Å². The molecule has 0 fully saturated rings. The Morgan fingerprint density at radius 1 is 1.20 bits per heavy atom. The smallest absolute Gasteiger partial charge is 0.163 e. The van der Waals surface area contributed by atoms with Crippen LogP contribution in [0.4, 0.5) is 8.78 Å². The molecular weight excluding hydrogens is 196 g/mol. The lowest BCUT2D eigenvalue weighted by Gasteiger charge is -2.21. The third-order valence-electron chi connectivity index (χ3n) is 2.90. The molecule has 0 radical (unpaired) electrons. The van der Waals surface area contributed by atoms with Crippen LogP contribution in [0, 0.1) is 17.6 Å². The molecule has 84 valence electrons. The van der Waals surface area contributed by atoms with Crippen molar-refractivity contribution in [1.29, 1.82) is 0 Å². The molecule has 0 spiro atoms. The van der Waals surface area contributed by atoms with Crippen molar-refractivity contribution in [2.24, 2.45) is 11.7 Å². The van der Waals surface area contributed by atoms with Crippen molar-refractivity contribution in [2.45, 2.75) is 32.7 Å². The van der Waals surface area contributed by atoms with Crippen LogP contribution in [-0.2, 0) is 0 Å². The van der Waals surface area contributed by atoms with Gasteiger partial charge in [0.05, 0.1) is 0 Å². The van der Waals surface area contributed by atoms with Gasteiger partial charge in [-0.05, 0) is 12.0 Å². The second-order valence-corrected chi connectivity index (χ2v) is 3.75. The summed E-state index contributed by atoms with van der Waals surface area (Å²) < 4.78 is 26.4. The third kappa shape index (κ3) is 2.53. The lowest BCUT2D eigenvalue weighted by molar-refractivity contribution is 0.386. The second-order valence-electron chi connectivity index (χ2n) is 3.75. The summed E-state index contributed by atoms with van der Waals surface area (Å²) in [6, 6.07) is 3.74. The number of halogens is 2. The van der Waals surface area contributed by atoms with Crippen LogP contribution in [0.5, 0.6) is 0 Å². The van der Waals surface area contributed by atoms with E-state index in [-0.39, 0.29) is 11.5 Å². The normalized spacial score (nSPS) is 13.2. The third-order valence-corrected chi connectivity index (χ3v) is 2.90. The van der Waals surface area contributed by atoms with E-state index in [2.05, 4.69) is 0 Å². The van der Waals surface area contributed by atoms with Gasteiger partial charge in [0.15, 0.2) is 11.6 Å². The zero-order chi connectivity index (χ0) is 11.4. The summed E-state index contributed by atoms with van der Waals surface area (Å²) >= 11 is 0. The number of hydrogen-bond acceptors (Lipinski definition) is 1. The molecule has 3 heteroatoms. The van der Waals surface area contributed by atoms with Gasteiger partial charge in [-0.15, -0.1) is 0 Å². The Balaban J connectivity index is 2.99. The Hall–Kier alpha value is -0.960. The highest BCUT2D eigenvalue weighted by molar-refractivity contribution is 5.22. The van der Waals surface area contributed by atoms with Crippen LogP contribution in [0.2, 0.25) is 0 Å². The van der Waals surface area contributed by atoms with Gasteiger partial charge in [-0.25, -0.2) is 8.78 Å². The summed E-state index contributed by atoms with van der Waals surface area (Å²) in [5.74, 6) is -1.44. The van der Waals surface area contributed by atoms with Crippen LogP contribution in [-0.4, -0.2) is 0 Å². The van der Waals surface area contributed by atoms with E-state index < -0.39 is 17.7 Å². The molecule has 0 heterocycles. The highest BCUT2D eigenvalue weighted by Gasteiger charge is 2.20. The van der Waals surface area contributed by atoms with Gasteiger partial charge in [-0.2, -0.15) is 0 Å². The van der Waals surface area contributed by atoms with E-state index in [0.717, 1.165) is 18.9 Å². The zero-order valence-corrected chi connectivity index (χ0v) is 9.13. The molecule has 1 unspecified atom stereocenters. The van der Waals surface area contributed by atoms with Gasteiger partial charge in [0, 0.05) is 11.6 Å². The summed E-state index contributed by atoms with van der Waals surface area (Å²) in [7, 11) is 0. The molecule has 0 saturated heterocycles. The van der Waals surface area contributed by atoms with Crippen LogP contribution in [0.3, 0.4) is 0 Å². The molecule has 1 atom stereocenters. The first kappa shape index (κ1) is 12.1. The van der Waals surface area contributed by atoms with Crippen molar-refractivity contribution in [3.05, 3.63) is 35.4 Å². The Morgan fingerprint density at radius 2 is 1.80 bits per heavy atom. The number of nitrogens with two attached hydrogens (primary N) is 1. The van der Waals surface area contributed by atoms with E-state index in [1.807, 2.05) is 13.8 Å². The molecular formula is C12H17F2N. The summed E-state index contributed by atoms with van der Waals surface area (Å²) in [5, 5.41) is 0. The number of hydrogen-bond donors (Lipinski definition) is 1. The minimum atomic E-state index is -0.825. The fourth-order valence-electron chi connectivity index (χ4n) is 1.83. The first-order chi connectivity index (χ1) is 7.11. The van der Waals surface area contributed by atoms with Gasteiger partial charge in [0.25, 0.3) is 0 Å². The molecule has 0 saturated carbocycles. The molecule has 1 rings (SSSR count). The lowest BCUT2D eigenvalue weighted by Crippen LogP contribution is -2.22. The topological polar surface area (TPSA) is 26.0 Å². The molecule has 0 aromatic heterocycles. The van der Waals surface area contributed by atoms with Crippen molar-refractivity contribution in [2.75, 3.05) is 0 Å². The minimum Gasteiger partial charge on any atom is -0.324 e. The minimum absolute atomic E-state index is 0.196. The van der Waals surface area contributed by atoms with E-state index in [4.69, 9.17) is 5.73 Å². The first-order valence-electron chi connectivity index (χ1n) is 5.31. The first-order valence-corrected chi connectivity index (χ1v) is 5.31. The molecule has 0 bridgehead atoms. The Morgan fingerprint density at radius 3 is 2.33 bits per heavy atom. The Bertz CT molecular complexity index is 321. The van der Waals surface area contributed by atoms with Gasteiger partial charge in [0.1, 0.15) is 0 Å². The summed E-state index contributed by atoms with van der Waals surface area (Å²) in [4.78, 5) is 0. The monoisotopic (exact) mass is 213 g/mol. The van der Waals surface area contributed by atoms with E-state index in [1.54, 1.807) is 6.07 Å². The second kappa shape index (κ2) is 5.21. The van der Waals surface area contributed by atoms with Crippen molar-refractivity contribution in [3.8, 4) is 0 Å². The van der Waals surface area contributed by atoms with Gasteiger partial charge in [0.2, 0.25) is 0 Å². The highest BCUT2D eigenvalue weighted by atomic mass is 19.2. The molecule has 2 N–H and O–H groups in total. The predicted octanol–water partition coefficient (Wildman–Crippen LogP) is 3.40. The fraction of sp³-hybridized carbons (Fsp3) is 0.500. The quantitative estimate of drug-likeness (QED) is 0.815. The van der Waals surface area contributed by atoms with Crippen molar-refractivity contribution < 1.29 is 8.78 Å². The number of rotatable bonds is 4. The maximum absolute atomic E-state index is 13.4. The molecule has 0 aliphatic carbocycles. The van der Waals surface area contributed by atoms with Gasteiger partial charge >= 0.3 is 0 Å². The molecule has 0 aliphatic heterocycles. The van der Waals surface area contributed by atoms with Gasteiger partial charge in [-0.1, -0.05) is 38.8 Å². The van der Waals surface area contributed by atoms with Crippen molar-refractivity contribution >= 4 is 0 Å². The van der Waals surface area contributed by atoms with Crippen molar-refractivity contribution in [3.63, 3.8) is 0 Å². The zero-order valence-electron chi connectivity index (χ0n) is 9.13. The Labute approximate surface area is 89.3 Å². The van der Waals surface area contributed by atoms with Gasteiger partial charge < -0.3 is 5.73 Å². The Kier molecular flexibility index (Phi) is 4.21. The molecule has 0 amide bonds. The average molecular weight is 213 g/mol. The fourth-order valence-corrected chi connectivity index (χ4v) is 1.83. The van der Waals surface area contributed by atoms with Crippen LogP contribution < -0.4 is 5.73 Å².